The van der Waals surface area contributed by atoms with Crippen molar-refractivity contribution in [2.45, 2.75) is 45.6 Å². The summed E-state index contributed by atoms with van der Waals surface area (Å²) in [6.45, 7) is 9.86. The van der Waals surface area contributed by atoms with Gasteiger partial charge in [0.2, 0.25) is 5.91 Å². The molecule has 0 spiro atoms. The highest BCUT2D eigenvalue weighted by atomic mass is 16.2. The summed E-state index contributed by atoms with van der Waals surface area (Å²) in [7, 11) is 0. The lowest BCUT2D eigenvalue weighted by Gasteiger charge is -2.41. The lowest BCUT2D eigenvalue weighted by Crippen LogP contribution is -2.55. The van der Waals surface area contributed by atoms with Crippen LogP contribution in [0.4, 0.5) is 0 Å². The number of aromatic amines is 1. The fraction of sp³-hybridized carbons (Fsp3) is 0.650. The zero-order valence-electron chi connectivity index (χ0n) is 16.8. The summed E-state index contributed by atoms with van der Waals surface area (Å²) in [5.41, 5.74) is 3.36. The molecule has 2 aliphatic heterocycles. The Hall–Kier alpha value is -2.19. The van der Waals surface area contributed by atoms with Crippen LogP contribution in [0.2, 0.25) is 0 Å². The molecule has 1 unspecified atom stereocenters. The van der Waals surface area contributed by atoms with Crippen LogP contribution in [0.15, 0.2) is 10.9 Å². The molecule has 0 bridgehead atoms. The van der Waals surface area contributed by atoms with Crippen LogP contribution in [-0.4, -0.2) is 75.6 Å². The first kappa shape index (κ1) is 19.1. The van der Waals surface area contributed by atoms with E-state index >= 15 is 0 Å². The minimum absolute atomic E-state index is 0.157. The number of piperidine rings is 1. The zero-order chi connectivity index (χ0) is 19.7. The molecule has 0 radical (unpaired) electrons. The first-order chi connectivity index (χ1) is 13.5. The van der Waals surface area contributed by atoms with Gasteiger partial charge in [0.1, 0.15) is 0 Å². The molecule has 4 rings (SSSR count). The first-order valence-corrected chi connectivity index (χ1v) is 10.3. The highest BCUT2D eigenvalue weighted by Gasteiger charge is 2.28. The van der Waals surface area contributed by atoms with E-state index in [2.05, 4.69) is 20.3 Å². The van der Waals surface area contributed by atoms with Crippen molar-refractivity contribution in [3.63, 3.8) is 0 Å². The maximum atomic E-state index is 12.9. The van der Waals surface area contributed by atoms with E-state index in [0.29, 0.717) is 24.5 Å². The normalized spacial score (nSPS) is 21.4. The summed E-state index contributed by atoms with van der Waals surface area (Å²) in [6, 6.07) is 1.99. The maximum absolute atomic E-state index is 12.9. The van der Waals surface area contributed by atoms with E-state index < -0.39 is 0 Å². The van der Waals surface area contributed by atoms with E-state index in [1.165, 1.54) is 12.5 Å². The van der Waals surface area contributed by atoms with Crippen molar-refractivity contribution in [3.05, 3.63) is 33.4 Å². The fourth-order valence-corrected chi connectivity index (χ4v) is 4.63. The molecule has 0 saturated carbocycles. The van der Waals surface area contributed by atoms with Gasteiger partial charge in [0.05, 0.1) is 0 Å². The second kappa shape index (κ2) is 8.05. The molecule has 2 N–H and O–H groups in total. The molecular weight excluding hydrogens is 356 g/mol. The van der Waals surface area contributed by atoms with E-state index in [1.807, 2.05) is 18.7 Å². The van der Waals surface area contributed by atoms with E-state index in [0.717, 1.165) is 62.6 Å². The van der Waals surface area contributed by atoms with E-state index in [9.17, 15) is 9.59 Å². The quantitative estimate of drug-likeness (QED) is 0.798. The number of carbonyl (C=O) groups excluding carboxylic acids is 1. The molecule has 8 nitrogen and oxygen atoms in total. The van der Waals surface area contributed by atoms with Gasteiger partial charge in [0.15, 0.2) is 5.65 Å². The van der Waals surface area contributed by atoms with Crippen LogP contribution in [-0.2, 0) is 11.2 Å². The van der Waals surface area contributed by atoms with Crippen LogP contribution >= 0.6 is 0 Å². The van der Waals surface area contributed by atoms with Crippen molar-refractivity contribution in [2.75, 3.05) is 39.3 Å². The van der Waals surface area contributed by atoms with Gasteiger partial charge in [-0.3, -0.25) is 19.6 Å². The number of aromatic nitrogens is 3. The topological polar surface area (TPSA) is 85.7 Å². The summed E-state index contributed by atoms with van der Waals surface area (Å²) in [4.78, 5) is 33.6. The smallest absolute Gasteiger partial charge is 0.266 e. The number of hydrogen-bond donors (Lipinski definition) is 2. The average Bonchev–Trinajstić information content (AvgIpc) is 3.08. The van der Waals surface area contributed by atoms with Crippen molar-refractivity contribution in [1.82, 2.24) is 29.7 Å². The molecule has 8 heteroatoms. The van der Waals surface area contributed by atoms with Gasteiger partial charge in [0.25, 0.3) is 5.56 Å². The van der Waals surface area contributed by atoms with Gasteiger partial charge in [-0.25, -0.2) is 9.50 Å². The van der Waals surface area contributed by atoms with Crippen molar-refractivity contribution in [1.29, 1.82) is 0 Å². The van der Waals surface area contributed by atoms with Crippen LogP contribution in [0.5, 0.6) is 0 Å². The SMILES string of the molecule is Cc1nc2cc(=O)[nH]n2c(C)c1CCC(=O)N1CCCC(N2CCNCC2)C1. The predicted molar refractivity (Wildman–Crippen MR) is 108 cm³/mol. The van der Waals surface area contributed by atoms with Gasteiger partial charge in [-0.05, 0) is 38.7 Å². The first-order valence-electron chi connectivity index (χ1n) is 10.3. The Morgan fingerprint density at radius 1 is 1.25 bits per heavy atom. The highest BCUT2D eigenvalue weighted by Crippen LogP contribution is 2.19. The minimum atomic E-state index is -0.157. The molecule has 2 aromatic heterocycles. The van der Waals surface area contributed by atoms with Crippen molar-refractivity contribution in [3.8, 4) is 0 Å². The Balaban J connectivity index is 1.41. The molecular formula is C20H30N6O2. The Kier molecular flexibility index (Phi) is 5.50. The number of aryl methyl sites for hydroxylation is 2. The summed E-state index contributed by atoms with van der Waals surface area (Å²) >= 11 is 0. The highest BCUT2D eigenvalue weighted by molar-refractivity contribution is 5.76. The van der Waals surface area contributed by atoms with Crippen molar-refractivity contribution >= 4 is 11.6 Å². The van der Waals surface area contributed by atoms with Gasteiger partial charge in [-0.2, -0.15) is 0 Å². The van der Waals surface area contributed by atoms with Crippen LogP contribution in [0.25, 0.3) is 5.65 Å². The Morgan fingerprint density at radius 3 is 2.82 bits per heavy atom. The molecule has 2 saturated heterocycles. The Bertz CT molecular complexity index is 911. The van der Waals surface area contributed by atoms with E-state index in [1.54, 1.807) is 4.52 Å². The molecule has 152 valence electrons. The number of nitrogens with zero attached hydrogens (tertiary/aromatic N) is 4. The van der Waals surface area contributed by atoms with Gasteiger partial charge in [-0.1, -0.05) is 0 Å². The number of likely N-dealkylation sites (tertiary alicyclic amines) is 1. The molecule has 1 amide bonds. The van der Waals surface area contributed by atoms with Gasteiger partial charge >= 0.3 is 0 Å². The molecule has 4 heterocycles. The number of carbonyl (C=O) groups is 1. The maximum Gasteiger partial charge on any atom is 0.266 e. The van der Waals surface area contributed by atoms with E-state index in [4.69, 9.17) is 0 Å². The van der Waals surface area contributed by atoms with Gasteiger partial charge in [0, 0.05) is 69.2 Å². The minimum Gasteiger partial charge on any atom is -0.341 e. The largest absolute Gasteiger partial charge is 0.341 e. The zero-order valence-corrected chi connectivity index (χ0v) is 16.8. The Morgan fingerprint density at radius 2 is 2.04 bits per heavy atom. The van der Waals surface area contributed by atoms with Crippen LogP contribution < -0.4 is 10.9 Å². The van der Waals surface area contributed by atoms with Crippen molar-refractivity contribution in [2.24, 2.45) is 0 Å². The third-order valence-corrected chi connectivity index (χ3v) is 6.21. The molecule has 2 fully saturated rings. The predicted octanol–water partition coefficient (Wildman–Crippen LogP) is 0.468. The number of piperazine rings is 1. The molecule has 1 atom stereocenters. The monoisotopic (exact) mass is 386 g/mol. The number of fused-ring (bicyclic) bond motifs is 1. The average molecular weight is 387 g/mol. The lowest BCUT2D eigenvalue weighted by atomic mass is 10.0. The molecule has 28 heavy (non-hydrogen) atoms. The fourth-order valence-electron chi connectivity index (χ4n) is 4.63. The van der Waals surface area contributed by atoms with Gasteiger partial charge < -0.3 is 10.2 Å². The molecule has 2 aromatic rings. The number of hydrogen-bond acceptors (Lipinski definition) is 5. The third kappa shape index (κ3) is 3.84. The summed E-state index contributed by atoms with van der Waals surface area (Å²) in [6.07, 6.45) is 3.39. The van der Waals surface area contributed by atoms with Crippen LogP contribution in [0.1, 0.15) is 36.2 Å². The molecule has 0 aliphatic carbocycles. The summed E-state index contributed by atoms with van der Waals surface area (Å²) in [5.74, 6) is 0.222. The van der Waals surface area contributed by atoms with Gasteiger partial charge in [-0.15, -0.1) is 0 Å². The van der Waals surface area contributed by atoms with Crippen LogP contribution in [0.3, 0.4) is 0 Å². The number of nitrogens with one attached hydrogen (secondary N) is 2. The second-order valence-corrected chi connectivity index (χ2v) is 8.00. The number of amides is 1. The second-order valence-electron chi connectivity index (χ2n) is 8.00. The third-order valence-electron chi connectivity index (χ3n) is 6.21. The Labute approximate surface area is 164 Å². The van der Waals surface area contributed by atoms with Crippen molar-refractivity contribution < 1.29 is 4.79 Å². The standard InChI is InChI=1S/C20H30N6O2/c1-14-17(15(2)26-18(22-14)12-19(27)23-26)5-6-20(28)25-9-3-4-16(13-25)24-10-7-21-8-11-24/h12,16,21H,3-11,13H2,1-2H3,(H,23,27). The lowest BCUT2D eigenvalue weighted by molar-refractivity contribution is -0.133. The van der Waals surface area contributed by atoms with E-state index in [-0.39, 0.29) is 11.5 Å². The van der Waals surface area contributed by atoms with Crippen LogP contribution in [0, 0.1) is 13.8 Å². The number of rotatable bonds is 4. The molecule has 2 aliphatic rings. The summed E-state index contributed by atoms with van der Waals surface area (Å²) in [5, 5.41) is 6.18. The molecule has 0 aromatic carbocycles. The number of H-pyrrole nitrogens is 1. The summed E-state index contributed by atoms with van der Waals surface area (Å²) < 4.78 is 1.72.